The van der Waals surface area contributed by atoms with E-state index in [4.69, 9.17) is 5.73 Å². The summed E-state index contributed by atoms with van der Waals surface area (Å²) >= 11 is 0. The van der Waals surface area contributed by atoms with Crippen molar-refractivity contribution in [1.29, 1.82) is 0 Å². The monoisotopic (exact) mass is 258 g/mol. The number of nitrogens with one attached hydrogen (secondary N) is 1. The van der Waals surface area contributed by atoms with Crippen LogP contribution in [-0.4, -0.2) is 6.04 Å². The van der Waals surface area contributed by atoms with Gasteiger partial charge in [-0.3, -0.25) is 0 Å². The van der Waals surface area contributed by atoms with Crippen molar-refractivity contribution < 1.29 is 4.39 Å². The van der Waals surface area contributed by atoms with Gasteiger partial charge in [-0.05, 0) is 43.5 Å². The molecular weight excluding hydrogens is 239 g/mol. The van der Waals surface area contributed by atoms with Crippen molar-refractivity contribution in [2.75, 3.05) is 11.1 Å². The van der Waals surface area contributed by atoms with Crippen LogP contribution in [0.3, 0.4) is 0 Å². The molecule has 0 fully saturated rings. The van der Waals surface area contributed by atoms with Crippen molar-refractivity contribution in [1.82, 2.24) is 0 Å². The molecule has 3 N–H and O–H groups in total. The molecule has 0 bridgehead atoms. The molecule has 100 valence electrons. The Kier molecular flexibility index (Phi) is 4.39. The van der Waals surface area contributed by atoms with Gasteiger partial charge in [-0.15, -0.1) is 0 Å². The second-order valence-corrected chi connectivity index (χ2v) is 4.80. The second-order valence-electron chi connectivity index (χ2n) is 4.80. The molecule has 0 radical (unpaired) electrons. The summed E-state index contributed by atoms with van der Waals surface area (Å²) in [6.07, 6.45) is 2.01. The van der Waals surface area contributed by atoms with Crippen LogP contribution in [0.1, 0.15) is 18.9 Å². The molecule has 3 heteroatoms. The lowest BCUT2D eigenvalue weighted by Gasteiger charge is -2.16. The highest BCUT2D eigenvalue weighted by Crippen LogP contribution is 2.20. The molecule has 0 spiro atoms. The molecule has 1 atom stereocenters. The van der Waals surface area contributed by atoms with Crippen LogP contribution in [0, 0.1) is 5.82 Å². The molecule has 0 aromatic heterocycles. The highest BCUT2D eigenvalue weighted by Gasteiger charge is 2.06. The maximum atomic E-state index is 12.9. The number of nitrogen functional groups attached to an aromatic ring is 1. The van der Waals surface area contributed by atoms with Gasteiger partial charge >= 0.3 is 0 Å². The first-order chi connectivity index (χ1) is 9.15. The fraction of sp³-hybridized carbons (Fsp3) is 0.250. The SMILES string of the molecule is CC(CCc1ccccc1)Nc1ccc(F)cc1N. The average Bonchev–Trinajstić information content (AvgIpc) is 2.41. The van der Waals surface area contributed by atoms with Gasteiger partial charge in [0.2, 0.25) is 0 Å². The van der Waals surface area contributed by atoms with Gasteiger partial charge in [-0.25, -0.2) is 4.39 Å². The summed E-state index contributed by atoms with van der Waals surface area (Å²) < 4.78 is 12.9. The first kappa shape index (κ1) is 13.4. The van der Waals surface area contributed by atoms with Crippen LogP contribution < -0.4 is 11.1 Å². The summed E-state index contributed by atoms with van der Waals surface area (Å²) in [4.78, 5) is 0. The fourth-order valence-electron chi connectivity index (χ4n) is 2.03. The third-order valence-electron chi connectivity index (χ3n) is 3.12. The molecule has 2 aromatic rings. The van der Waals surface area contributed by atoms with Crippen molar-refractivity contribution in [2.24, 2.45) is 0 Å². The van der Waals surface area contributed by atoms with Gasteiger partial charge in [-0.2, -0.15) is 0 Å². The molecule has 0 heterocycles. The molecule has 0 aliphatic heterocycles. The van der Waals surface area contributed by atoms with Crippen molar-refractivity contribution in [3.05, 3.63) is 59.9 Å². The predicted molar refractivity (Wildman–Crippen MR) is 78.7 cm³/mol. The minimum atomic E-state index is -0.306. The third-order valence-corrected chi connectivity index (χ3v) is 3.12. The molecule has 0 saturated carbocycles. The Morgan fingerprint density at radius 2 is 1.89 bits per heavy atom. The Balaban J connectivity index is 1.89. The number of nitrogens with two attached hydrogens (primary N) is 1. The molecular formula is C16H19FN2. The quantitative estimate of drug-likeness (QED) is 0.800. The zero-order chi connectivity index (χ0) is 13.7. The van der Waals surface area contributed by atoms with Crippen LogP contribution in [0.2, 0.25) is 0 Å². The van der Waals surface area contributed by atoms with Gasteiger partial charge in [0, 0.05) is 6.04 Å². The number of benzene rings is 2. The van der Waals surface area contributed by atoms with Crippen LogP contribution >= 0.6 is 0 Å². The lowest BCUT2D eigenvalue weighted by Crippen LogP contribution is -2.17. The fourth-order valence-corrected chi connectivity index (χ4v) is 2.03. The predicted octanol–water partition coefficient (Wildman–Crippen LogP) is 3.84. The van der Waals surface area contributed by atoms with Crippen molar-refractivity contribution in [3.8, 4) is 0 Å². The van der Waals surface area contributed by atoms with E-state index in [1.54, 1.807) is 6.07 Å². The number of hydrogen-bond donors (Lipinski definition) is 2. The van der Waals surface area contributed by atoms with Gasteiger partial charge in [-0.1, -0.05) is 30.3 Å². The van der Waals surface area contributed by atoms with Crippen molar-refractivity contribution in [2.45, 2.75) is 25.8 Å². The number of halogens is 1. The molecule has 0 saturated heterocycles. The molecule has 0 aliphatic carbocycles. The van der Waals surface area contributed by atoms with E-state index in [0.29, 0.717) is 5.69 Å². The number of anilines is 2. The Hall–Kier alpha value is -2.03. The Morgan fingerprint density at radius 3 is 2.58 bits per heavy atom. The van der Waals surface area contributed by atoms with Crippen LogP contribution in [0.25, 0.3) is 0 Å². The minimum absolute atomic E-state index is 0.285. The molecule has 19 heavy (non-hydrogen) atoms. The maximum Gasteiger partial charge on any atom is 0.125 e. The van der Waals surface area contributed by atoms with Gasteiger partial charge in [0.25, 0.3) is 0 Å². The largest absolute Gasteiger partial charge is 0.397 e. The molecule has 2 nitrogen and oxygen atoms in total. The van der Waals surface area contributed by atoms with Crippen LogP contribution in [0.5, 0.6) is 0 Å². The maximum absolute atomic E-state index is 12.9. The highest BCUT2D eigenvalue weighted by atomic mass is 19.1. The third kappa shape index (κ3) is 3.98. The summed E-state index contributed by atoms with van der Waals surface area (Å²) in [7, 11) is 0. The number of hydrogen-bond acceptors (Lipinski definition) is 2. The smallest absolute Gasteiger partial charge is 0.125 e. The standard InChI is InChI=1S/C16H19FN2/c1-12(7-8-13-5-3-2-4-6-13)19-16-10-9-14(17)11-15(16)18/h2-6,9-12,19H,7-8,18H2,1H3. The lowest BCUT2D eigenvalue weighted by molar-refractivity contribution is 0.628. The second kappa shape index (κ2) is 6.23. The van der Waals surface area contributed by atoms with E-state index in [1.807, 2.05) is 18.2 Å². The van der Waals surface area contributed by atoms with E-state index in [9.17, 15) is 4.39 Å². The first-order valence-corrected chi connectivity index (χ1v) is 6.50. The molecule has 2 rings (SSSR count). The molecule has 1 unspecified atom stereocenters. The van der Waals surface area contributed by atoms with E-state index in [0.717, 1.165) is 18.5 Å². The van der Waals surface area contributed by atoms with Crippen LogP contribution in [-0.2, 0) is 6.42 Å². The van der Waals surface area contributed by atoms with E-state index < -0.39 is 0 Å². The summed E-state index contributed by atoms with van der Waals surface area (Å²) in [6, 6.07) is 15.1. The van der Waals surface area contributed by atoms with Gasteiger partial charge < -0.3 is 11.1 Å². The molecule has 2 aromatic carbocycles. The number of aryl methyl sites for hydroxylation is 1. The highest BCUT2D eigenvalue weighted by molar-refractivity contribution is 5.66. The van der Waals surface area contributed by atoms with Gasteiger partial charge in [0.15, 0.2) is 0 Å². The first-order valence-electron chi connectivity index (χ1n) is 6.50. The van der Waals surface area contributed by atoms with Crippen molar-refractivity contribution >= 4 is 11.4 Å². The van der Waals surface area contributed by atoms with E-state index in [-0.39, 0.29) is 11.9 Å². The Morgan fingerprint density at radius 1 is 1.16 bits per heavy atom. The lowest BCUT2D eigenvalue weighted by atomic mass is 10.1. The molecule has 0 aliphatic rings. The summed E-state index contributed by atoms with van der Waals surface area (Å²) in [5, 5.41) is 3.32. The van der Waals surface area contributed by atoms with Crippen molar-refractivity contribution in [3.63, 3.8) is 0 Å². The number of rotatable bonds is 5. The summed E-state index contributed by atoms with van der Waals surface area (Å²) in [6.45, 7) is 2.10. The zero-order valence-electron chi connectivity index (χ0n) is 11.1. The average molecular weight is 258 g/mol. The zero-order valence-corrected chi connectivity index (χ0v) is 11.1. The summed E-state index contributed by atoms with van der Waals surface area (Å²) in [5.41, 5.74) is 8.34. The van der Waals surface area contributed by atoms with Gasteiger partial charge in [0.05, 0.1) is 11.4 Å². The van der Waals surface area contributed by atoms with E-state index in [2.05, 4.69) is 24.4 Å². The Labute approximate surface area is 113 Å². The van der Waals surface area contributed by atoms with Crippen LogP contribution in [0.15, 0.2) is 48.5 Å². The Bertz CT molecular complexity index is 526. The van der Waals surface area contributed by atoms with E-state index >= 15 is 0 Å². The molecule has 0 amide bonds. The summed E-state index contributed by atoms with van der Waals surface area (Å²) in [5.74, 6) is -0.306. The minimum Gasteiger partial charge on any atom is -0.397 e. The van der Waals surface area contributed by atoms with Crippen LogP contribution in [0.4, 0.5) is 15.8 Å². The normalized spacial score (nSPS) is 12.1. The topological polar surface area (TPSA) is 38.0 Å². The van der Waals surface area contributed by atoms with Gasteiger partial charge in [0.1, 0.15) is 5.82 Å². The van der Waals surface area contributed by atoms with E-state index in [1.165, 1.54) is 17.7 Å².